The first-order chi connectivity index (χ1) is 9.83. The molecule has 0 bridgehead atoms. The highest BCUT2D eigenvalue weighted by Gasteiger charge is 2.16. The summed E-state index contributed by atoms with van der Waals surface area (Å²) in [4.78, 5) is 13.7. The number of rotatable bonds is 4. The van der Waals surface area contributed by atoms with Crippen molar-refractivity contribution in [3.8, 4) is 11.8 Å². The number of carbonyl (C=O) groups excluding carboxylic acids is 1. The first-order valence-corrected chi connectivity index (χ1v) is 6.98. The topological polar surface area (TPSA) is 55.6 Å². The molecule has 114 valence electrons. The fourth-order valence-electron chi connectivity index (χ4n) is 1.66. The zero-order valence-corrected chi connectivity index (χ0v) is 13.3. The van der Waals surface area contributed by atoms with Gasteiger partial charge in [-0.2, -0.15) is 0 Å². The minimum Gasteiger partial charge on any atom is -0.366 e. The van der Waals surface area contributed by atoms with Crippen molar-refractivity contribution in [2.75, 3.05) is 20.2 Å². The highest BCUT2D eigenvalue weighted by molar-refractivity contribution is 5.77. The highest BCUT2D eigenvalue weighted by atomic mass is 16.5. The van der Waals surface area contributed by atoms with Crippen molar-refractivity contribution in [3.63, 3.8) is 0 Å². The van der Waals surface area contributed by atoms with Gasteiger partial charge in [0.05, 0.1) is 12.1 Å². The molecular formula is C17H24N2O2. The molecule has 0 saturated carbocycles. The van der Waals surface area contributed by atoms with Gasteiger partial charge in [-0.25, -0.2) is 0 Å². The quantitative estimate of drug-likeness (QED) is 0.859. The van der Waals surface area contributed by atoms with E-state index in [2.05, 4.69) is 11.8 Å². The van der Waals surface area contributed by atoms with E-state index in [-0.39, 0.29) is 18.1 Å². The van der Waals surface area contributed by atoms with E-state index in [1.165, 1.54) is 0 Å². The standard InChI is InChI=1S/C17H24N2O2/c1-17(2,3)21-13-16(20)19(4)12-15-9-6-5-8-14(15)10-7-11-18/h5-6,8-9H,11-13,18H2,1-4H3. The average molecular weight is 288 g/mol. The van der Waals surface area contributed by atoms with Gasteiger partial charge < -0.3 is 15.4 Å². The summed E-state index contributed by atoms with van der Waals surface area (Å²) in [5, 5.41) is 0. The molecule has 0 unspecified atom stereocenters. The van der Waals surface area contributed by atoms with E-state index in [9.17, 15) is 4.79 Å². The number of amides is 1. The summed E-state index contributed by atoms with van der Waals surface area (Å²) >= 11 is 0. The van der Waals surface area contributed by atoms with E-state index in [0.717, 1.165) is 11.1 Å². The van der Waals surface area contributed by atoms with Crippen molar-refractivity contribution >= 4 is 5.91 Å². The van der Waals surface area contributed by atoms with Gasteiger partial charge in [0.15, 0.2) is 0 Å². The van der Waals surface area contributed by atoms with Gasteiger partial charge in [0, 0.05) is 19.2 Å². The first kappa shape index (κ1) is 17.2. The van der Waals surface area contributed by atoms with Gasteiger partial charge in [-0.05, 0) is 32.4 Å². The van der Waals surface area contributed by atoms with Crippen LogP contribution in [0.2, 0.25) is 0 Å². The number of ether oxygens (including phenoxy) is 1. The maximum atomic E-state index is 12.1. The second-order valence-corrected chi connectivity index (χ2v) is 5.81. The predicted molar refractivity (Wildman–Crippen MR) is 84.6 cm³/mol. The first-order valence-electron chi connectivity index (χ1n) is 6.98. The number of nitrogens with zero attached hydrogens (tertiary/aromatic N) is 1. The fourth-order valence-corrected chi connectivity index (χ4v) is 1.66. The van der Waals surface area contributed by atoms with Crippen LogP contribution in [0.5, 0.6) is 0 Å². The molecule has 0 aromatic heterocycles. The van der Waals surface area contributed by atoms with E-state index >= 15 is 0 Å². The van der Waals surface area contributed by atoms with Crippen LogP contribution in [0, 0.1) is 11.8 Å². The number of likely N-dealkylation sites (N-methyl/N-ethyl adjacent to an activating group) is 1. The molecule has 1 amide bonds. The zero-order chi connectivity index (χ0) is 15.9. The van der Waals surface area contributed by atoms with Crippen molar-refractivity contribution in [3.05, 3.63) is 35.4 Å². The summed E-state index contributed by atoms with van der Waals surface area (Å²) in [6, 6.07) is 7.76. The van der Waals surface area contributed by atoms with Crippen LogP contribution < -0.4 is 5.73 Å². The van der Waals surface area contributed by atoms with E-state index in [1.807, 2.05) is 45.0 Å². The largest absolute Gasteiger partial charge is 0.366 e. The number of benzene rings is 1. The maximum absolute atomic E-state index is 12.1. The summed E-state index contributed by atoms with van der Waals surface area (Å²) in [7, 11) is 1.77. The zero-order valence-electron chi connectivity index (χ0n) is 13.3. The Morgan fingerprint density at radius 2 is 2.00 bits per heavy atom. The van der Waals surface area contributed by atoms with Gasteiger partial charge in [-0.1, -0.05) is 30.0 Å². The van der Waals surface area contributed by atoms with E-state index in [0.29, 0.717) is 13.1 Å². The van der Waals surface area contributed by atoms with Gasteiger partial charge in [0.2, 0.25) is 5.91 Å². The molecule has 0 heterocycles. The Kier molecular flexibility index (Phi) is 6.41. The molecule has 0 aliphatic heterocycles. The summed E-state index contributed by atoms with van der Waals surface area (Å²) in [5.41, 5.74) is 6.99. The average Bonchev–Trinajstić information content (AvgIpc) is 2.43. The Morgan fingerprint density at radius 1 is 1.33 bits per heavy atom. The third kappa shape index (κ3) is 6.44. The number of nitrogens with two attached hydrogens (primary N) is 1. The van der Waals surface area contributed by atoms with Gasteiger partial charge in [-0.3, -0.25) is 4.79 Å². The third-order valence-electron chi connectivity index (χ3n) is 2.80. The number of hydrogen-bond acceptors (Lipinski definition) is 3. The molecule has 1 aromatic rings. The molecule has 0 spiro atoms. The monoisotopic (exact) mass is 288 g/mol. The summed E-state index contributed by atoms with van der Waals surface area (Å²) in [5.74, 6) is 5.82. The molecule has 0 atom stereocenters. The van der Waals surface area contributed by atoms with Crippen LogP contribution in [-0.2, 0) is 16.1 Å². The lowest BCUT2D eigenvalue weighted by molar-refractivity contribution is -0.140. The van der Waals surface area contributed by atoms with Crippen molar-refractivity contribution < 1.29 is 9.53 Å². The molecule has 1 aromatic carbocycles. The number of carbonyl (C=O) groups is 1. The van der Waals surface area contributed by atoms with Gasteiger partial charge in [0.25, 0.3) is 0 Å². The molecule has 4 nitrogen and oxygen atoms in total. The molecule has 0 aliphatic rings. The summed E-state index contributed by atoms with van der Waals surface area (Å²) in [6.45, 7) is 6.69. The Balaban J connectivity index is 2.70. The highest BCUT2D eigenvalue weighted by Crippen LogP contribution is 2.11. The molecule has 21 heavy (non-hydrogen) atoms. The minimum absolute atomic E-state index is 0.0495. The second kappa shape index (κ2) is 7.82. The van der Waals surface area contributed by atoms with Gasteiger partial charge >= 0.3 is 0 Å². The molecule has 0 saturated heterocycles. The van der Waals surface area contributed by atoms with Crippen molar-refractivity contribution in [1.29, 1.82) is 0 Å². The number of hydrogen-bond donors (Lipinski definition) is 1. The lowest BCUT2D eigenvalue weighted by Crippen LogP contribution is -2.33. The van der Waals surface area contributed by atoms with Crippen LogP contribution in [0.3, 0.4) is 0 Å². The molecule has 0 radical (unpaired) electrons. The SMILES string of the molecule is CN(Cc1ccccc1C#CCN)C(=O)COC(C)(C)C. The summed E-state index contributed by atoms with van der Waals surface area (Å²) in [6.07, 6.45) is 0. The summed E-state index contributed by atoms with van der Waals surface area (Å²) < 4.78 is 5.51. The molecule has 2 N–H and O–H groups in total. The van der Waals surface area contributed by atoms with Gasteiger partial charge in [-0.15, -0.1) is 0 Å². The van der Waals surface area contributed by atoms with E-state index in [1.54, 1.807) is 11.9 Å². The van der Waals surface area contributed by atoms with Crippen LogP contribution in [-0.4, -0.2) is 36.6 Å². The van der Waals surface area contributed by atoms with Crippen LogP contribution in [0.15, 0.2) is 24.3 Å². The van der Waals surface area contributed by atoms with E-state index in [4.69, 9.17) is 10.5 Å². The van der Waals surface area contributed by atoms with Gasteiger partial charge in [0.1, 0.15) is 6.61 Å². The van der Waals surface area contributed by atoms with Crippen LogP contribution in [0.25, 0.3) is 0 Å². The molecule has 1 rings (SSSR count). The Bertz CT molecular complexity index is 536. The normalized spacial score (nSPS) is 10.7. The van der Waals surface area contributed by atoms with Crippen LogP contribution in [0.1, 0.15) is 31.9 Å². The third-order valence-corrected chi connectivity index (χ3v) is 2.80. The van der Waals surface area contributed by atoms with Crippen molar-refractivity contribution in [1.82, 2.24) is 4.90 Å². The maximum Gasteiger partial charge on any atom is 0.248 e. The van der Waals surface area contributed by atoms with Crippen molar-refractivity contribution in [2.45, 2.75) is 32.9 Å². The van der Waals surface area contributed by atoms with E-state index < -0.39 is 0 Å². The fraction of sp³-hybridized carbons (Fsp3) is 0.471. The van der Waals surface area contributed by atoms with Crippen LogP contribution in [0.4, 0.5) is 0 Å². The van der Waals surface area contributed by atoms with Crippen molar-refractivity contribution in [2.24, 2.45) is 5.73 Å². The molecule has 4 heteroatoms. The smallest absolute Gasteiger partial charge is 0.248 e. The second-order valence-electron chi connectivity index (χ2n) is 5.81. The lowest BCUT2D eigenvalue weighted by atomic mass is 10.1. The molecule has 0 fully saturated rings. The lowest BCUT2D eigenvalue weighted by Gasteiger charge is -2.23. The Morgan fingerprint density at radius 3 is 2.62 bits per heavy atom. The predicted octanol–water partition coefficient (Wildman–Crippen LogP) is 1.77. The molecular weight excluding hydrogens is 264 g/mol. The van der Waals surface area contributed by atoms with Crippen LogP contribution >= 0.6 is 0 Å². The Labute approximate surface area is 127 Å². The Hall–Kier alpha value is -1.83. The minimum atomic E-state index is -0.318. The molecule has 0 aliphatic carbocycles.